The minimum Gasteiger partial charge on any atom is -0.342 e. The summed E-state index contributed by atoms with van der Waals surface area (Å²) in [5.74, 6) is 2.23. The highest BCUT2D eigenvalue weighted by molar-refractivity contribution is 7.99. The fraction of sp³-hybridized carbons (Fsp3) is 0.846. The van der Waals surface area contributed by atoms with E-state index in [1.165, 1.54) is 0 Å². The fourth-order valence-electron chi connectivity index (χ4n) is 2.87. The Morgan fingerprint density at radius 3 is 2.72 bits per heavy atom. The van der Waals surface area contributed by atoms with Crippen LogP contribution in [0.5, 0.6) is 0 Å². The van der Waals surface area contributed by atoms with E-state index in [0.717, 1.165) is 43.7 Å². The molecular formula is C13H22N2O2S. The van der Waals surface area contributed by atoms with Crippen LogP contribution in [0, 0.1) is 0 Å². The van der Waals surface area contributed by atoms with Crippen LogP contribution in [0.1, 0.15) is 39.0 Å². The Bertz CT molecular complexity index is 327. The lowest BCUT2D eigenvalue weighted by molar-refractivity contribution is -0.138. The van der Waals surface area contributed by atoms with Gasteiger partial charge >= 0.3 is 0 Å². The van der Waals surface area contributed by atoms with Gasteiger partial charge in [-0.15, -0.1) is 0 Å². The molecule has 0 aromatic rings. The monoisotopic (exact) mass is 270 g/mol. The molecule has 0 unspecified atom stereocenters. The van der Waals surface area contributed by atoms with Gasteiger partial charge in [0.05, 0.1) is 0 Å². The maximum atomic E-state index is 12.6. The molecule has 0 radical (unpaired) electrons. The van der Waals surface area contributed by atoms with Crippen molar-refractivity contribution in [1.82, 2.24) is 10.2 Å². The van der Waals surface area contributed by atoms with E-state index >= 15 is 0 Å². The average molecular weight is 270 g/mol. The number of rotatable bonds is 4. The van der Waals surface area contributed by atoms with Crippen molar-refractivity contribution in [1.29, 1.82) is 0 Å². The molecule has 1 saturated carbocycles. The van der Waals surface area contributed by atoms with E-state index in [4.69, 9.17) is 0 Å². The van der Waals surface area contributed by atoms with E-state index in [2.05, 4.69) is 12.2 Å². The van der Waals surface area contributed by atoms with E-state index < -0.39 is 5.54 Å². The van der Waals surface area contributed by atoms with Crippen molar-refractivity contribution in [3.05, 3.63) is 0 Å². The third-order valence-corrected chi connectivity index (χ3v) is 4.73. The zero-order chi connectivity index (χ0) is 13.0. The van der Waals surface area contributed by atoms with Crippen LogP contribution in [0.15, 0.2) is 0 Å². The number of hydrogen-bond acceptors (Lipinski definition) is 3. The first-order chi connectivity index (χ1) is 8.68. The molecule has 1 heterocycles. The topological polar surface area (TPSA) is 49.4 Å². The molecule has 2 fully saturated rings. The number of amides is 2. The summed E-state index contributed by atoms with van der Waals surface area (Å²) in [5.41, 5.74) is -0.565. The van der Waals surface area contributed by atoms with Crippen molar-refractivity contribution in [2.45, 2.75) is 44.6 Å². The largest absolute Gasteiger partial charge is 0.342 e. The van der Waals surface area contributed by atoms with Crippen LogP contribution in [-0.4, -0.2) is 46.8 Å². The standard InChI is InChI=1S/C13H22N2O2S/c1-2-18-10-9-15-8-5-11(16)14-13(12(15)17)6-3-4-7-13/h2-10H2,1H3,(H,14,16). The third kappa shape index (κ3) is 2.82. The summed E-state index contributed by atoms with van der Waals surface area (Å²) in [6.45, 7) is 3.48. The molecular weight excluding hydrogens is 248 g/mol. The Morgan fingerprint density at radius 1 is 1.33 bits per heavy atom. The lowest BCUT2D eigenvalue weighted by atomic mass is 9.96. The summed E-state index contributed by atoms with van der Waals surface area (Å²) < 4.78 is 0. The second-order valence-electron chi connectivity index (χ2n) is 5.08. The number of carbonyl (C=O) groups excluding carboxylic acids is 2. The van der Waals surface area contributed by atoms with Crippen LogP contribution in [0.3, 0.4) is 0 Å². The third-order valence-electron chi connectivity index (χ3n) is 3.85. The molecule has 4 nitrogen and oxygen atoms in total. The summed E-state index contributed by atoms with van der Waals surface area (Å²) in [5, 5.41) is 2.99. The molecule has 2 amide bonds. The molecule has 2 rings (SSSR count). The van der Waals surface area contributed by atoms with E-state index in [-0.39, 0.29) is 11.8 Å². The normalized spacial score (nSPS) is 23.3. The molecule has 2 aliphatic rings. The molecule has 5 heteroatoms. The molecule has 0 atom stereocenters. The maximum Gasteiger partial charge on any atom is 0.248 e. The van der Waals surface area contributed by atoms with Crippen molar-refractivity contribution in [3.63, 3.8) is 0 Å². The van der Waals surface area contributed by atoms with Crippen molar-refractivity contribution < 1.29 is 9.59 Å². The van der Waals surface area contributed by atoms with Gasteiger partial charge in [0.15, 0.2) is 0 Å². The van der Waals surface area contributed by atoms with Crippen LogP contribution in [0.2, 0.25) is 0 Å². The highest BCUT2D eigenvalue weighted by atomic mass is 32.2. The first-order valence-corrected chi connectivity index (χ1v) is 8.01. The first kappa shape index (κ1) is 13.7. The fourth-order valence-corrected chi connectivity index (χ4v) is 3.51. The lowest BCUT2D eigenvalue weighted by Crippen LogP contribution is -2.55. The molecule has 102 valence electrons. The zero-order valence-electron chi connectivity index (χ0n) is 11.0. The van der Waals surface area contributed by atoms with E-state index in [1.54, 1.807) is 0 Å². The Labute approximate surface area is 113 Å². The van der Waals surface area contributed by atoms with Crippen molar-refractivity contribution >= 4 is 23.6 Å². The minimum absolute atomic E-state index is 0.0379. The Morgan fingerprint density at radius 2 is 2.06 bits per heavy atom. The number of carbonyl (C=O) groups is 2. The van der Waals surface area contributed by atoms with E-state index in [0.29, 0.717) is 13.0 Å². The van der Waals surface area contributed by atoms with Gasteiger partial charge in [-0.2, -0.15) is 11.8 Å². The number of nitrogens with zero attached hydrogens (tertiary/aromatic N) is 1. The van der Waals surface area contributed by atoms with Crippen LogP contribution in [-0.2, 0) is 9.59 Å². The lowest BCUT2D eigenvalue weighted by Gasteiger charge is -2.31. The Balaban J connectivity index is 2.06. The van der Waals surface area contributed by atoms with Crippen LogP contribution >= 0.6 is 11.8 Å². The van der Waals surface area contributed by atoms with Crippen LogP contribution in [0.4, 0.5) is 0 Å². The summed E-state index contributed by atoms with van der Waals surface area (Å²) in [6.07, 6.45) is 4.17. The first-order valence-electron chi connectivity index (χ1n) is 6.86. The van der Waals surface area contributed by atoms with Crippen molar-refractivity contribution in [2.24, 2.45) is 0 Å². The molecule has 0 bridgehead atoms. The smallest absolute Gasteiger partial charge is 0.248 e. The Hall–Kier alpha value is -0.710. The van der Waals surface area contributed by atoms with E-state index in [1.807, 2.05) is 16.7 Å². The predicted molar refractivity (Wildman–Crippen MR) is 73.5 cm³/mol. The highest BCUT2D eigenvalue weighted by Gasteiger charge is 2.46. The van der Waals surface area contributed by atoms with Crippen molar-refractivity contribution in [3.8, 4) is 0 Å². The molecule has 1 spiro atoms. The number of thioether (sulfide) groups is 1. The van der Waals surface area contributed by atoms with Gasteiger partial charge in [-0.05, 0) is 18.6 Å². The summed E-state index contributed by atoms with van der Waals surface area (Å²) >= 11 is 1.84. The second-order valence-corrected chi connectivity index (χ2v) is 6.47. The molecule has 1 N–H and O–H groups in total. The Kier molecular flexibility index (Phi) is 4.54. The average Bonchev–Trinajstić information content (AvgIpc) is 2.78. The van der Waals surface area contributed by atoms with Gasteiger partial charge < -0.3 is 10.2 Å². The van der Waals surface area contributed by atoms with Gasteiger partial charge in [-0.3, -0.25) is 9.59 Å². The molecule has 1 aliphatic carbocycles. The minimum atomic E-state index is -0.565. The maximum absolute atomic E-state index is 12.6. The summed E-state index contributed by atoms with van der Waals surface area (Å²) in [6, 6.07) is 0. The molecule has 0 aromatic heterocycles. The van der Waals surface area contributed by atoms with E-state index in [9.17, 15) is 9.59 Å². The summed E-state index contributed by atoms with van der Waals surface area (Å²) in [4.78, 5) is 26.3. The highest BCUT2D eigenvalue weighted by Crippen LogP contribution is 2.32. The number of hydrogen-bond donors (Lipinski definition) is 1. The zero-order valence-corrected chi connectivity index (χ0v) is 11.9. The molecule has 1 aliphatic heterocycles. The summed E-state index contributed by atoms with van der Waals surface area (Å²) in [7, 11) is 0. The molecule has 18 heavy (non-hydrogen) atoms. The predicted octanol–water partition coefficient (Wildman–Crippen LogP) is 1.40. The van der Waals surface area contributed by atoms with Gasteiger partial charge in [0.2, 0.25) is 11.8 Å². The van der Waals surface area contributed by atoms with Gasteiger partial charge in [0, 0.05) is 25.3 Å². The van der Waals surface area contributed by atoms with Crippen LogP contribution in [0.25, 0.3) is 0 Å². The number of nitrogens with one attached hydrogen (secondary N) is 1. The van der Waals surface area contributed by atoms with Gasteiger partial charge in [-0.25, -0.2) is 0 Å². The van der Waals surface area contributed by atoms with Gasteiger partial charge in [0.25, 0.3) is 0 Å². The second kappa shape index (κ2) is 5.95. The molecule has 0 aromatic carbocycles. The quantitative estimate of drug-likeness (QED) is 0.786. The molecule has 1 saturated heterocycles. The van der Waals surface area contributed by atoms with Gasteiger partial charge in [0.1, 0.15) is 5.54 Å². The SMILES string of the molecule is CCSCCN1CCC(=O)NC2(CCCC2)C1=O. The van der Waals surface area contributed by atoms with Crippen molar-refractivity contribution in [2.75, 3.05) is 24.6 Å². The van der Waals surface area contributed by atoms with Gasteiger partial charge in [-0.1, -0.05) is 19.8 Å². The van der Waals surface area contributed by atoms with Crippen LogP contribution < -0.4 is 5.32 Å².